The highest BCUT2D eigenvalue weighted by Crippen LogP contribution is 2.31. The Kier molecular flexibility index (Phi) is 4.29. The molecule has 2 aromatic rings. The average molecular weight is 256 g/mol. The molecule has 0 spiro atoms. The van der Waals surface area contributed by atoms with Crippen LogP contribution in [0.15, 0.2) is 48.5 Å². The van der Waals surface area contributed by atoms with Crippen LogP contribution in [0.2, 0.25) is 0 Å². The van der Waals surface area contributed by atoms with Crippen molar-refractivity contribution < 1.29 is 4.74 Å². The smallest absolute Gasteiger partial charge is 0.144 e. The second-order valence-electron chi connectivity index (χ2n) is 4.23. The highest BCUT2D eigenvalue weighted by molar-refractivity contribution is 5.68. The van der Waals surface area contributed by atoms with E-state index in [4.69, 9.17) is 10.5 Å². The molecule has 0 radical (unpaired) electrons. The summed E-state index contributed by atoms with van der Waals surface area (Å²) in [6.45, 7) is 5.59. The molecule has 0 bridgehead atoms. The van der Waals surface area contributed by atoms with Gasteiger partial charge in [-0.2, -0.15) is 0 Å². The van der Waals surface area contributed by atoms with Gasteiger partial charge in [0.2, 0.25) is 0 Å². The third kappa shape index (κ3) is 2.99. The Morgan fingerprint density at radius 3 is 2.37 bits per heavy atom. The number of nitrogens with zero attached hydrogens (tertiary/aromatic N) is 1. The second-order valence-corrected chi connectivity index (χ2v) is 4.23. The first-order chi connectivity index (χ1) is 9.26. The minimum absolute atomic E-state index is 0.616. The van der Waals surface area contributed by atoms with E-state index in [0.717, 1.165) is 23.7 Å². The van der Waals surface area contributed by atoms with Crippen LogP contribution in [0.3, 0.4) is 0 Å². The van der Waals surface area contributed by atoms with Gasteiger partial charge < -0.3 is 15.4 Å². The van der Waals surface area contributed by atoms with Crippen molar-refractivity contribution in [1.29, 1.82) is 0 Å². The van der Waals surface area contributed by atoms with Gasteiger partial charge in [-0.25, -0.2) is 0 Å². The zero-order valence-corrected chi connectivity index (χ0v) is 11.5. The summed E-state index contributed by atoms with van der Waals surface area (Å²) < 4.78 is 5.56. The SMILES string of the molecule is CCOc1cc(N(CC)c2ccccc2)ccc1N. The van der Waals surface area contributed by atoms with Gasteiger partial charge in [0.15, 0.2) is 0 Å². The molecule has 3 nitrogen and oxygen atoms in total. The molecule has 0 aliphatic carbocycles. The lowest BCUT2D eigenvalue weighted by molar-refractivity contribution is 0.342. The molecule has 0 aromatic heterocycles. The molecule has 2 aromatic carbocycles. The van der Waals surface area contributed by atoms with E-state index in [1.165, 1.54) is 0 Å². The molecule has 0 aliphatic heterocycles. The number of hydrogen-bond donors (Lipinski definition) is 1. The highest BCUT2D eigenvalue weighted by atomic mass is 16.5. The summed E-state index contributed by atoms with van der Waals surface area (Å²) in [5.41, 5.74) is 8.84. The molecule has 0 heterocycles. The van der Waals surface area contributed by atoms with Gasteiger partial charge in [0.05, 0.1) is 12.3 Å². The summed E-state index contributed by atoms with van der Waals surface area (Å²) in [4.78, 5) is 2.22. The Balaban J connectivity index is 2.36. The fourth-order valence-electron chi connectivity index (χ4n) is 2.09. The summed E-state index contributed by atoms with van der Waals surface area (Å²) in [5.74, 6) is 0.745. The van der Waals surface area contributed by atoms with Crippen LogP contribution in [-0.4, -0.2) is 13.2 Å². The maximum Gasteiger partial charge on any atom is 0.144 e. The van der Waals surface area contributed by atoms with E-state index >= 15 is 0 Å². The Labute approximate surface area is 114 Å². The fourth-order valence-corrected chi connectivity index (χ4v) is 2.09. The van der Waals surface area contributed by atoms with Gasteiger partial charge in [-0.1, -0.05) is 18.2 Å². The van der Waals surface area contributed by atoms with Gasteiger partial charge in [-0.15, -0.1) is 0 Å². The number of nitrogens with two attached hydrogens (primary N) is 1. The first-order valence-electron chi connectivity index (χ1n) is 6.61. The lowest BCUT2D eigenvalue weighted by Crippen LogP contribution is -2.16. The van der Waals surface area contributed by atoms with Crippen LogP contribution in [0, 0.1) is 0 Å². The van der Waals surface area contributed by atoms with Gasteiger partial charge in [0.1, 0.15) is 5.75 Å². The second kappa shape index (κ2) is 6.14. The fraction of sp³-hybridized carbons (Fsp3) is 0.250. The molecular formula is C16H20N2O. The number of hydrogen-bond acceptors (Lipinski definition) is 3. The Morgan fingerprint density at radius 2 is 1.74 bits per heavy atom. The normalized spacial score (nSPS) is 10.2. The molecule has 0 fully saturated rings. The summed E-state index contributed by atoms with van der Waals surface area (Å²) in [6, 6.07) is 16.2. The number of nitrogen functional groups attached to an aromatic ring is 1. The molecule has 3 heteroatoms. The van der Waals surface area contributed by atoms with E-state index < -0.39 is 0 Å². The van der Waals surface area contributed by atoms with Crippen molar-refractivity contribution in [2.75, 3.05) is 23.8 Å². The van der Waals surface area contributed by atoms with Crippen LogP contribution in [0.25, 0.3) is 0 Å². The van der Waals surface area contributed by atoms with Crippen molar-refractivity contribution in [3.63, 3.8) is 0 Å². The number of para-hydroxylation sites is 1. The predicted octanol–water partition coefficient (Wildman–Crippen LogP) is 3.83. The van der Waals surface area contributed by atoms with Gasteiger partial charge in [0, 0.05) is 24.0 Å². The molecule has 2 rings (SSSR count). The Bertz CT molecular complexity index is 526. The van der Waals surface area contributed by atoms with Crippen LogP contribution < -0.4 is 15.4 Å². The number of anilines is 3. The average Bonchev–Trinajstić information content (AvgIpc) is 2.44. The highest BCUT2D eigenvalue weighted by Gasteiger charge is 2.09. The van der Waals surface area contributed by atoms with Crippen molar-refractivity contribution in [3.05, 3.63) is 48.5 Å². The van der Waals surface area contributed by atoms with E-state index in [-0.39, 0.29) is 0 Å². The van der Waals surface area contributed by atoms with Gasteiger partial charge in [-0.05, 0) is 38.1 Å². The molecule has 0 saturated carbocycles. The lowest BCUT2D eigenvalue weighted by atomic mass is 10.2. The van der Waals surface area contributed by atoms with Gasteiger partial charge in [0.25, 0.3) is 0 Å². The quantitative estimate of drug-likeness (QED) is 0.826. The third-order valence-electron chi connectivity index (χ3n) is 2.99. The van der Waals surface area contributed by atoms with Crippen LogP contribution in [0.5, 0.6) is 5.75 Å². The first-order valence-corrected chi connectivity index (χ1v) is 6.61. The van der Waals surface area contributed by atoms with Crippen LogP contribution in [0.4, 0.5) is 17.1 Å². The van der Waals surface area contributed by atoms with Crippen LogP contribution >= 0.6 is 0 Å². The van der Waals surface area contributed by atoms with E-state index in [1.54, 1.807) is 0 Å². The van der Waals surface area contributed by atoms with Crippen molar-refractivity contribution in [2.24, 2.45) is 0 Å². The van der Waals surface area contributed by atoms with Crippen molar-refractivity contribution in [1.82, 2.24) is 0 Å². The molecule has 0 amide bonds. The summed E-state index contributed by atoms with van der Waals surface area (Å²) in [6.07, 6.45) is 0. The Morgan fingerprint density at radius 1 is 1.00 bits per heavy atom. The molecule has 0 unspecified atom stereocenters. The zero-order valence-electron chi connectivity index (χ0n) is 11.5. The molecule has 0 saturated heterocycles. The van der Waals surface area contributed by atoms with Crippen LogP contribution in [0.1, 0.15) is 13.8 Å². The number of benzene rings is 2. The topological polar surface area (TPSA) is 38.5 Å². The summed E-state index contributed by atoms with van der Waals surface area (Å²) >= 11 is 0. The molecule has 100 valence electrons. The van der Waals surface area contributed by atoms with E-state index in [2.05, 4.69) is 24.0 Å². The van der Waals surface area contributed by atoms with Crippen LogP contribution in [-0.2, 0) is 0 Å². The van der Waals surface area contributed by atoms with E-state index in [9.17, 15) is 0 Å². The maximum atomic E-state index is 5.91. The molecule has 19 heavy (non-hydrogen) atoms. The van der Waals surface area contributed by atoms with Crippen molar-refractivity contribution >= 4 is 17.1 Å². The standard InChI is InChI=1S/C16H20N2O/c1-3-18(13-8-6-5-7-9-13)14-10-11-15(17)16(12-14)19-4-2/h5-12H,3-4,17H2,1-2H3. The summed E-state index contributed by atoms with van der Waals surface area (Å²) in [5, 5.41) is 0. The minimum Gasteiger partial charge on any atom is -0.492 e. The summed E-state index contributed by atoms with van der Waals surface area (Å²) in [7, 11) is 0. The van der Waals surface area contributed by atoms with Gasteiger partial charge >= 0.3 is 0 Å². The van der Waals surface area contributed by atoms with Crippen molar-refractivity contribution in [2.45, 2.75) is 13.8 Å². The van der Waals surface area contributed by atoms with Crippen molar-refractivity contribution in [3.8, 4) is 5.75 Å². The largest absolute Gasteiger partial charge is 0.492 e. The van der Waals surface area contributed by atoms with E-state index in [1.807, 2.05) is 43.3 Å². The van der Waals surface area contributed by atoms with Gasteiger partial charge in [-0.3, -0.25) is 0 Å². The molecular weight excluding hydrogens is 236 g/mol. The van der Waals surface area contributed by atoms with E-state index in [0.29, 0.717) is 12.3 Å². The minimum atomic E-state index is 0.616. The number of rotatable bonds is 5. The lowest BCUT2D eigenvalue weighted by Gasteiger charge is -2.24. The maximum absolute atomic E-state index is 5.91. The number of ether oxygens (including phenoxy) is 1. The monoisotopic (exact) mass is 256 g/mol. The third-order valence-corrected chi connectivity index (χ3v) is 2.99. The molecule has 0 atom stereocenters. The predicted molar refractivity (Wildman–Crippen MR) is 81.1 cm³/mol. The molecule has 2 N–H and O–H groups in total. The molecule has 0 aliphatic rings. The first kappa shape index (κ1) is 13.3. The zero-order chi connectivity index (χ0) is 13.7. The Hall–Kier alpha value is -2.16.